The minimum absolute atomic E-state index is 0.123. The molecule has 0 fully saturated rings. The summed E-state index contributed by atoms with van der Waals surface area (Å²) in [6.07, 6.45) is 0.807. The lowest BCUT2D eigenvalue weighted by Crippen LogP contribution is -2.13. The average Bonchev–Trinajstić information content (AvgIpc) is 3.20. The van der Waals surface area contributed by atoms with Gasteiger partial charge in [-0.05, 0) is 55.3 Å². The van der Waals surface area contributed by atoms with Gasteiger partial charge in [0.15, 0.2) is 5.13 Å². The maximum Gasteiger partial charge on any atom is 0.256 e. The highest BCUT2D eigenvalue weighted by atomic mass is 32.1. The summed E-state index contributed by atoms with van der Waals surface area (Å²) in [5, 5.41) is 8.96. The van der Waals surface area contributed by atoms with Crippen molar-refractivity contribution in [3.63, 3.8) is 0 Å². The molecule has 32 heavy (non-hydrogen) atoms. The van der Waals surface area contributed by atoms with Crippen LogP contribution < -0.4 is 16.4 Å². The topological polar surface area (TPSA) is 80.0 Å². The summed E-state index contributed by atoms with van der Waals surface area (Å²) >= 11 is 1.46. The van der Waals surface area contributed by atoms with Crippen molar-refractivity contribution in [2.75, 3.05) is 22.9 Å². The van der Waals surface area contributed by atoms with E-state index in [2.05, 4.69) is 52.9 Å². The Kier molecular flexibility index (Phi) is 6.52. The Balaban J connectivity index is 1.42. The second-order valence-electron chi connectivity index (χ2n) is 7.80. The van der Waals surface area contributed by atoms with Crippen molar-refractivity contribution in [1.82, 2.24) is 4.98 Å². The van der Waals surface area contributed by atoms with E-state index < -0.39 is 0 Å². The van der Waals surface area contributed by atoms with E-state index in [1.807, 2.05) is 48.7 Å². The first-order valence-electron chi connectivity index (χ1n) is 10.5. The van der Waals surface area contributed by atoms with Crippen LogP contribution in [0, 0.1) is 13.8 Å². The van der Waals surface area contributed by atoms with Crippen molar-refractivity contribution >= 4 is 33.8 Å². The summed E-state index contributed by atoms with van der Waals surface area (Å²) in [6.45, 7) is 4.85. The van der Waals surface area contributed by atoms with Gasteiger partial charge in [0.1, 0.15) is 0 Å². The van der Waals surface area contributed by atoms with Gasteiger partial charge in [-0.15, -0.1) is 11.3 Å². The Morgan fingerprint density at radius 1 is 0.938 bits per heavy atom. The molecule has 0 atom stereocenters. The number of rotatable bonds is 7. The van der Waals surface area contributed by atoms with Gasteiger partial charge in [0.2, 0.25) is 0 Å². The Labute approximate surface area is 192 Å². The molecule has 4 N–H and O–H groups in total. The Morgan fingerprint density at radius 2 is 1.62 bits per heavy atom. The molecule has 3 aromatic carbocycles. The molecule has 0 aliphatic rings. The number of nitrogen functional groups attached to an aromatic ring is 1. The van der Waals surface area contributed by atoms with Crippen molar-refractivity contribution < 1.29 is 4.79 Å². The Morgan fingerprint density at radius 3 is 2.31 bits per heavy atom. The number of anilines is 3. The van der Waals surface area contributed by atoms with Crippen molar-refractivity contribution in [3.05, 3.63) is 94.5 Å². The standard InChI is InChI=1S/C26H26N4OS/c1-17-3-6-19(7-4-17)24-15-18(2)5-12-23(24)25(31)29-21-10-8-20(9-11-21)28-14-13-22-16-32-26(27)30-22/h3-12,15-16,28H,13-14H2,1-2H3,(H2,27,30)(H,29,31). The van der Waals surface area contributed by atoms with E-state index in [0.717, 1.165) is 46.7 Å². The van der Waals surface area contributed by atoms with E-state index in [1.165, 1.54) is 16.9 Å². The fraction of sp³-hybridized carbons (Fsp3) is 0.154. The SMILES string of the molecule is Cc1ccc(-c2cc(C)ccc2C(=O)Nc2ccc(NCCc3csc(N)n3)cc2)cc1. The molecule has 1 amide bonds. The number of aryl methyl sites for hydroxylation is 2. The number of aromatic nitrogens is 1. The number of benzene rings is 3. The van der Waals surface area contributed by atoms with Crippen LogP contribution in [-0.4, -0.2) is 17.4 Å². The summed E-state index contributed by atoms with van der Waals surface area (Å²) in [4.78, 5) is 17.3. The second kappa shape index (κ2) is 9.66. The third-order valence-corrected chi connectivity index (χ3v) is 5.93. The lowest BCUT2D eigenvalue weighted by molar-refractivity contribution is 0.102. The molecular formula is C26H26N4OS. The van der Waals surface area contributed by atoms with Crippen LogP contribution in [0.2, 0.25) is 0 Å². The number of hydrogen-bond donors (Lipinski definition) is 3. The minimum Gasteiger partial charge on any atom is -0.385 e. The van der Waals surface area contributed by atoms with Crippen LogP contribution in [0.15, 0.2) is 72.1 Å². The number of hydrogen-bond acceptors (Lipinski definition) is 5. The first-order valence-corrected chi connectivity index (χ1v) is 11.4. The zero-order chi connectivity index (χ0) is 22.5. The predicted molar refractivity (Wildman–Crippen MR) is 134 cm³/mol. The monoisotopic (exact) mass is 442 g/mol. The van der Waals surface area contributed by atoms with Crippen LogP contribution in [0.5, 0.6) is 0 Å². The fourth-order valence-electron chi connectivity index (χ4n) is 3.47. The molecule has 1 aromatic heterocycles. The van der Waals surface area contributed by atoms with Crippen LogP contribution in [0.4, 0.5) is 16.5 Å². The van der Waals surface area contributed by atoms with E-state index in [9.17, 15) is 4.79 Å². The molecular weight excluding hydrogens is 416 g/mol. The van der Waals surface area contributed by atoms with Crippen molar-refractivity contribution in [2.24, 2.45) is 0 Å². The maximum atomic E-state index is 13.1. The third-order valence-electron chi connectivity index (χ3n) is 5.20. The van der Waals surface area contributed by atoms with Crippen LogP contribution in [0.1, 0.15) is 27.2 Å². The molecule has 0 radical (unpaired) electrons. The summed E-state index contributed by atoms with van der Waals surface area (Å²) in [6, 6.07) is 21.9. The highest BCUT2D eigenvalue weighted by molar-refractivity contribution is 7.13. The zero-order valence-electron chi connectivity index (χ0n) is 18.2. The van der Waals surface area contributed by atoms with Gasteiger partial charge in [-0.25, -0.2) is 4.98 Å². The molecule has 4 rings (SSSR count). The van der Waals surface area contributed by atoms with Gasteiger partial charge in [0.25, 0.3) is 5.91 Å². The molecule has 1 heterocycles. The molecule has 0 spiro atoms. The third kappa shape index (κ3) is 5.34. The number of carbonyl (C=O) groups is 1. The van der Waals surface area contributed by atoms with Gasteiger partial charge in [0.05, 0.1) is 5.69 Å². The van der Waals surface area contributed by atoms with E-state index in [4.69, 9.17) is 5.73 Å². The quantitative estimate of drug-likeness (QED) is 0.332. The van der Waals surface area contributed by atoms with Crippen LogP contribution in [0.25, 0.3) is 11.1 Å². The summed E-state index contributed by atoms with van der Waals surface area (Å²) in [5.41, 5.74) is 13.3. The summed E-state index contributed by atoms with van der Waals surface area (Å²) in [5.74, 6) is -0.123. The van der Waals surface area contributed by atoms with Gasteiger partial charge in [-0.2, -0.15) is 0 Å². The molecule has 6 heteroatoms. The lowest BCUT2D eigenvalue weighted by Gasteiger charge is -2.13. The van der Waals surface area contributed by atoms with Gasteiger partial charge in [-0.1, -0.05) is 47.5 Å². The highest BCUT2D eigenvalue weighted by Gasteiger charge is 2.13. The average molecular weight is 443 g/mol. The first-order chi connectivity index (χ1) is 15.5. The highest BCUT2D eigenvalue weighted by Crippen LogP contribution is 2.26. The minimum atomic E-state index is -0.123. The number of thiazole rings is 1. The molecule has 0 unspecified atom stereocenters. The Bertz CT molecular complexity index is 1210. The van der Waals surface area contributed by atoms with Crippen molar-refractivity contribution in [2.45, 2.75) is 20.3 Å². The predicted octanol–water partition coefficient (Wildman–Crippen LogP) is 5.92. The molecule has 0 saturated heterocycles. The van der Waals surface area contributed by atoms with E-state index in [1.54, 1.807) is 0 Å². The molecule has 0 saturated carbocycles. The molecule has 0 bridgehead atoms. The van der Waals surface area contributed by atoms with Crippen molar-refractivity contribution in [1.29, 1.82) is 0 Å². The van der Waals surface area contributed by atoms with Crippen LogP contribution in [-0.2, 0) is 6.42 Å². The van der Waals surface area contributed by atoms with Gasteiger partial charge in [0, 0.05) is 35.3 Å². The molecule has 4 aromatic rings. The van der Waals surface area contributed by atoms with E-state index in [-0.39, 0.29) is 5.91 Å². The number of nitrogens with two attached hydrogens (primary N) is 1. The molecule has 0 aliphatic heterocycles. The van der Waals surface area contributed by atoms with E-state index >= 15 is 0 Å². The molecule has 0 aliphatic carbocycles. The van der Waals surface area contributed by atoms with Crippen molar-refractivity contribution in [3.8, 4) is 11.1 Å². The van der Waals surface area contributed by atoms with Gasteiger partial charge >= 0.3 is 0 Å². The maximum absolute atomic E-state index is 13.1. The van der Waals surface area contributed by atoms with Gasteiger partial charge in [-0.3, -0.25) is 4.79 Å². The number of nitrogens with one attached hydrogen (secondary N) is 2. The lowest BCUT2D eigenvalue weighted by atomic mass is 9.96. The summed E-state index contributed by atoms with van der Waals surface area (Å²) in [7, 11) is 0. The first kappa shape index (κ1) is 21.6. The second-order valence-corrected chi connectivity index (χ2v) is 8.69. The Hall–Kier alpha value is -3.64. The summed E-state index contributed by atoms with van der Waals surface area (Å²) < 4.78 is 0. The van der Waals surface area contributed by atoms with Crippen LogP contribution in [0.3, 0.4) is 0 Å². The fourth-order valence-corrected chi connectivity index (χ4v) is 4.07. The van der Waals surface area contributed by atoms with Crippen LogP contribution >= 0.6 is 11.3 Å². The molecule has 5 nitrogen and oxygen atoms in total. The van der Waals surface area contributed by atoms with Gasteiger partial charge < -0.3 is 16.4 Å². The van der Waals surface area contributed by atoms with E-state index in [0.29, 0.717) is 10.7 Å². The smallest absolute Gasteiger partial charge is 0.256 e. The number of amides is 1. The number of carbonyl (C=O) groups excluding carboxylic acids is 1. The normalized spacial score (nSPS) is 10.7. The largest absolute Gasteiger partial charge is 0.385 e. The molecule has 162 valence electrons. The zero-order valence-corrected chi connectivity index (χ0v) is 19.0. The number of nitrogens with zero attached hydrogens (tertiary/aromatic N) is 1.